The Labute approximate surface area is 153 Å². The van der Waals surface area contributed by atoms with Gasteiger partial charge in [0.15, 0.2) is 5.69 Å². The van der Waals surface area contributed by atoms with E-state index in [4.69, 9.17) is 11.6 Å². The molecule has 0 aliphatic heterocycles. The van der Waals surface area contributed by atoms with Crippen molar-refractivity contribution in [3.8, 4) is 5.69 Å². The van der Waals surface area contributed by atoms with E-state index < -0.39 is 23.6 Å². The smallest absolute Gasteiger partial charge is 0.372 e. The summed E-state index contributed by atoms with van der Waals surface area (Å²) >= 11 is 5.96. The van der Waals surface area contributed by atoms with Gasteiger partial charge < -0.3 is 5.32 Å². The lowest BCUT2D eigenvalue weighted by atomic mass is 10.2. The number of alkyl halides is 6. The number of anilines is 1. The molecule has 1 aromatic carbocycles. The van der Waals surface area contributed by atoms with Crippen molar-refractivity contribution in [1.29, 1.82) is 0 Å². The first kappa shape index (κ1) is 19.3. The van der Waals surface area contributed by atoms with E-state index in [-0.39, 0.29) is 33.1 Å². The predicted octanol–water partition coefficient (Wildman–Crippen LogP) is 5.46. The molecule has 4 nitrogen and oxygen atoms in total. The molecule has 2 heterocycles. The van der Waals surface area contributed by atoms with Crippen LogP contribution in [-0.4, -0.2) is 21.8 Å². The average molecular weight is 409 g/mol. The zero-order valence-electron chi connectivity index (χ0n) is 13.8. The van der Waals surface area contributed by atoms with Crippen LogP contribution in [0.5, 0.6) is 0 Å². The maximum absolute atomic E-state index is 13.4. The zero-order valence-corrected chi connectivity index (χ0v) is 14.6. The molecule has 0 aliphatic rings. The van der Waals surface area contributed by atoms with Gasteiger partial charge in [-0.3, -0.25) is 0 Å². The molecule has 0 saturated carbocycles. The molecular formula is C16H11ClF6N4. The highest BCUT2D eigenvalue weighted by Gasteiger charge is 2.37. The number of aryl methyl sites for hydroxylation is 1. The highest BCUT2D eigenvalue weighted by Crippen LogP contribution is 2.39. The minimum absolute atomic E-state index is 0.00371. The van der Waals surface area contributed by atoms with Crippen LogP contribution in [0.1, 0.15) is 17.0 Å². The second kappa shape index (κ2) is 6.29. The van der Waals surface area contributed by atoms with Gasteiger partial charge in [0.05, 0.1) is 27.2 Å². The lowest BCUT2D eigenvalue weighted by Gasteiger charge is -2.13. The first-order valence-corrected chi connectivity index (χ1v) is 7.83. The maximum atomic E-state index is 13.4. The first-order valence-electron chi connectivity index (χ1n) is 7.46. The summed E-state index contributed by atoms with van der Waals surface area (Å²) in [5.74, 6) is -0.0912. The molecule has 0 saturated heterocycles. The lowest BCUT2D eigenvalue weighted by Crippen LogP contribution is -2.11. The molecule has 1 N–H and O–H groups in total. The van der Waals surface area contributed by atoms with Crippen LogP contribution < -0.4 is 5.32 Å². The number of pyridine rings is 1. The van der Waals surface area contributed by atoms with Crippen molar-refractivity contribution >= 4 is 28.3 Å². The van der Waals surface area contributed by atoms with Crippen LogP contribution in [0.2, 0.25) is 5.02 Å². The average Bonchev–Trinajstić information content (AvgIpc) is 2.89. The summed E-state index contributed by atoms with van der Waals surface area (Å²) in [5, 5.41) is 6.08. The van der Waals surface area contributed by atoms with Gasteiger partial charge in [-0.15, -0.1) is 0 Å². The van der Waals surface area contributed by atoms with Gasteiger partial charge in [-0.25, -0.2) is 9.67 Å². The number of rotatable bonds is 2. The number of benzene rings is 1. The van der Waals surface area contributed by atoms with Crippen molar-refractivity contribution in [2.45, 2.75) is 19.3 Å². The summed E-state index contributed by atoms with van der Waals surface area (Å²) in [4.78, 5) is 3.56. The SMILES string of the molecule is CNc1c2c(C(F)(F)F)nc(C)cc2nn1-c1ccc(C(F)(F)F)cc1Cl. The van der Waals surface area contributed by atoms with Crippen molar-refractivity contribution in [1.82, 2.24) is 14.8 Å². The number of fused-ring (bicyclic) bond motifs is 1. The summed E-state index contributed by atoms with van der Waals surface area (Å²) in [6.07, 6.45) is -9.35. The van der Waals surface area contributed by atoms with Gasteiger partial charge in [0.1, 0.15) is 5.82 Å². The molecule has 0 amide bonds. The zero-order chi connectivity index (χ0) is 20.1. The van der Waals surface area contributed by atoms with Crippen LogP contribution >= 0.6 is 11.6 Å². The van der Waals surface area contributed by atoms with E-state index in [9.17, 15) is 26.3 Å². The summed E-state index contributed by atoms with van der Waals surface area (Å²) < 4.78 is 79.7. The number of hydrogen-bond acceptors (Lipinski definition) is 3. The minimum Gasteiger partial charge on any atom is -0.372 e. The molecule has 0 spiro atoms. The Balaban J connectivity index is 2.31. The van der Waals surface area contributed by atoms with Crippen molar-refractivity contribution in [3.05, 3.63) is 46.2 Å². The van der Waals surface area contributed by atoms with Gasteiger partial charge in [-0.2, -0.15) is 31.4 Å². The van der Waals surface area contributed by atoms with E-state index in [1.54, 1.807) is 0 Å². The normalized spacial score (nSPS) is 12.6. The fourth-order valence-corrected chi connectivity index (χ4v) is 2.96. The van der Waals surface area contributed by atoms with Crippen molar-refractivity contribution in [2.24, 2.45) is 0 Å². The van der Waals surface area contributed by atoms with Crippen LogP contribution in [0.4, 0.5) is 32.2 Å². The molecule has 0 aliphatic carbocycles. The first-order chi connectivity index (χ1) is 12.4. The summed E-state index contributed by atoms with van der Waals surface area (Å²) in [6, 6.07) is 3.86. The van der Waals surface area contributed by atoms with E-state index in [0.29, 0.717) is 6.07 Å². The van der Waals surface area contributed by atoms with Crippen LogP contribution in [-0.2, 0) is 12.4 Å². The van der Waals surface area contributed by atoms with E-state index in [1.165, 1.54) is 20.0 Å². The number of halogens is 7. The largest absolute Gasteiger partial charge is 0.434 e. The monoisotopic (exact) mass is 408 g/mol. The van der Waals surface area contributed by atoms with Gasteiger partial charge in [-0.05, 0) is 31.2 Å². The van der Waals surface area contributed by atoms with E-state index in [0.717, 1.165) is 16.8 Å². The molecule has 3 rings (SSSR count). The molecule has 0 unspecified atom stereocenters. The predicted molar refractivity (Wildman–Crippen MR) is 88.2 cm³/mol. The Morgan fingerprint density at radius 3 is 2.22 bits per heavy atom. The minimum atomic E-state index is -4.74. The van der Waals surface area contributed by atoms with Gasteiger partial charge >= 0.3 is 12.4 Å². The van der Waals surface area contributed by atoms with E-state index in [1.807, 2.05) is 0 Å². The van der Waals surface area contributed by atoms with Crippen LogP contribution in [0.15, 0.2) is 24.3 Å². The Hall–Kier alpha value is -2.49. The third-order valence-electron chi connectivity index (χ3n) is 3.79. The van der Waals surface area contributed by atoms with Gasteiger partial charge in [-0.1, -0.05) is 11.6 Å². The number of hydrogen-bond donors (Lipinski definition) is 1. The Kier molecular flexibility index (Phi) is 4.49. The highest BCUT2D eigenvalue weighted by atomic mass is 35.5. The van der Waals surface area contributed by atoms with Crippen LogP contribution in [0.25, 0.3) is 16.6 Å². The molecule has 2 aromatic heterocycles. The van der Waals surface area contributed by atoms with E-state index in [2.05, 4.69) is 15.4 Å². The van der Waals surface area contributed by atoms with Gasteiger partial charge in [0, 0.05) is 12.7 Å². The van der Waals surface area contributed by atoms with Crippen molar-refractivity contribution in [2.75, 3.05) is 12.4 Å². The molecule has 11 heteroatoms. The Morgan fingerprint density at radius 2 is 1.70 bits per heavy atom. The Morgan fingerprint density at radius 1 is 1.04 bits per heavy atom. The third kappa shape index (κ3) is 3.41. The molecule has 27 heavy (non-hydrogen) atoms. The Bertz CT molecular complexity index is 1020. The summed E-state index contributed by atoms with van der Waals surface area (Å²) in [7, 11) is 1.37. The molecule has 0 atom stereocenters. The standard InChI is InChI=1S/C16H11ClF6N4/c1-7-5-10-12(13(25-7)16(21,22)23)14(24-2)27(26-10)11-4-3-8(6-9(11)17)15(18,19)20/h3-6,24H,1-2H3. The quantitative estimate of drug-likeness (QED) is 0.572. The molecule has 0 radical (unpaired) electrons. The molecule has 144 valence electrons. The second-order valence-corrected chi connectivity index (χ2v) is 6.09. The summed E-state index contributed by atoms with van der Waals surface area (Å²) in [5.41, 5.74) is -2.05. The fourth-order valence-electron chi connectivity index (χ4n) is 2.70. The van der Waals surface area contributed by atoms with Gasteiger partial charge in [0.25, 0.3) is 0 Å². The maximum Gasteiger partial charge on any atom is 0.434 e. The van der Waals surface area contributed by atoms with E-state index >= 15 is 0 Å². The molecular weight excluding hydrogens is 398 g/mol. The molecule has 0 bridgehead atoms. The third-order valence-corrected chi connectivity index (χ3v) is 4.09. The number of nitrogens with one attached hydrogen (secondary N) is 1. The van der Waals surface area contributed by atoms with Crippen LogP contribution in [0, 0.1) is 6.92 Å². The number of aromatic nitrogens is 3. The highest BCUT2D eigenvalue weighted by molar-refractivity contribution is 6.32. The topological polar surface area (TPSA) is 42.7 Å². The lowest BCUT2D eigenvalue weighted by molar-refractivity contribution is -0.140. The van der Waals surface area contributed by atoms with Crippen molar-refractivity contribution < 1.29 is 26.3 Å². The summed E-state index contributed by atoms with van der Waals surface area (Å²) in [6.45, 7) is 1.39. The van der Waals surface area contributed by atoms with Crippen LogP contribution in [0.3, 0.4) is 0 Å². The van der Waals surface area contributed by atoms with Crippen molar-refractivity contribution in [3.63, 3.8) is 0 Å². The molecule has 3 aromatic rings. The molecule has 0 fully saturated rings. The fraction of sp³-hybridized carbons (Fsp3) is 0.250. The van der Waals surface area contributed by atoms with Gasteiger partial charge in [0.2, 0.25) is 0 Å². The number of nitrogens with zero attached hydrogens (tertiary/aromatic N) is 3. The second-order valence-electron chi connectivity index (χ2n) is 5.68.